The van der Waals surface area contributed by atoms with Crippen LogP contribution in [0, 0.1) is 6.92 Å². The number of amides is 1. The minimum absolute atomic E-state index is 0.0320. The van der Waals surface area contributed by atoms with Gasteiger partial charge >= 0.3 is 0 Å². The van der Waals surface area contributed by atoms with Crippen LogP contribution in [0.3, 0.4) is 0 Å². The Morgan fingerprint density at radius 2 is 2.25 bits per heavy atom. The number of aromatic nitrogens is 3. The van der Waals surface area contributed by atoms with Crippen LogP contribution in [-0.2, 0) is 22.5 Å². The number of hydrogen-bond acceptors (Lipinski definition) is 5. The van der Waals surface area contributed by atoms with E-state index >= 15 is 0 Å². The summed E-state index contributed by atoms with van der Waals surface area (Å²) in [7, 11) is 1.68. The lowest BCUT2D eigenvalue weighted by atomic mass is 10.1. The average Bonchev–Trinajstić information content (AvgIpc) is 3.02. The van der Waals surface area contributed by atoms with E-state index in [4.69, 9.17) is 4.74 Å². The van der Waals surface area contributed by atoms with Gasteiger partial charge in [0.1, 0.15) is 6.33 Å². The van der Waals surface area contributed by atoms with Gasteiger partial charge in [-0.3, -0.25) is 4.79 Å². The van der Waals surface area contributed by atoms with E-state index in [1.54, 1.807) is 13.4 Å². The van der Waals surface area contributed by atoms with E-state index in [-0.39, 0.29) is 5.91 Å². The standard InChI is InChI=1S/C17H24N4O2S/c1-4-14-8-5-7-13(2)16(14)19-15(22)11-24-17-20-18-12-21(17)9-6-10-23-3/h5,7-8,12H,4,6,9-11H2,1-3H3,(H,19,22). The summed E-state index contributed by atoms with van der Waals surface area (Å²) in [6, 6.07) is 6.07. The van der Waals surface area contributed by atoms with Crippen LogP contribution in [0.1, 0.15) is 24.5 Å². The number of carbonyl (C=O) groups is 1. The Bertz CT molecular complexity index is 672. The summed E-state index contributed by atoms with van der Waals surface area (Å²) in [5, 5.41) is 11.8. The van der Waals surface area contributed by atoms with Crippen LogP contribution in [0.2, 0.25) is 0 Å². The summed E-state index contributed by atoms with van der Waals surface area (Å²) in [5.74, 6) is 0.274. The topological polar surface area (TPSA) is 69.0 Å². The molecule has 0 saturated carbocycles. The number of carbonyl (C=O) groups excluding carboxylic acids is 1. The molecular formula is C17H24N4O2S. The van der Waals surface area contributed by atoms with Crippen LogP contribution in [0.25, 0.3) is 0 Å². The van der Waals surface area contributed by atoms with Crippen molar-refractivity contribution >= 4 is 23.4 Å². The van der Waals surface area contributed by atoms with Gasteiger partial charge in [0.25, 0.3) is 0 Å². The Balaban J connectivity index is 1.91. The number of nitrogens with zero attached hydrogens (tertiary/aromatic N) is 3. The molecule has 130 valence electrons. The Morgan fingerprint density at radius 1 is 1.42 bits per heavy atom. The zero-order chi connectivity index (χ0) is 17.4. The first kappa shape index (κ1) is 18.5. The van der Waals surface area contributed by atoms with Crippen molar-refractivity contribution in [3.8, 4) is 0 Å². The van der Waals surface area contributed by atoms with Gasteiger partial charge in [-0.15, -0.1) is 10.2 Å². The maximum absolute atomic E-state index is 12.3. The largest absolute Gasteiger partial charge is 0.385 e. The van der Waals surface area contributed by atoms with E-state index in [1.165, 1.54) is 11.8 Å². The summed E-state index contributed by atoms with van der Waals surface area (Å²) in [4.78, 5) is 12.3. The molecule has 0 radical (unpaired) electrons. The van der Waals surface area contributed by atoms with Crippen molar-refractivity contribution in [2.75, 3.05) is 24.8 Å². The zero-order valence-corrected chi connectivity index (χ0v) is 15.2. The fourth-order valence-electron chi connectivity index (χ4n) is 2.40. The summed E-state index contributed by atoms with van der Waals surface area (Å²) in [6.45, 7) is 5.56. The number of ether oxygens (including phenoxy) is 1. The third-order valence-electron chi connectivity index (χ3n) is 3.66. The number of thioether (sulfide) groups is 1. The van der Waals surface area contributed by atoms with Crippen LogP contribution >= 0.6 is 11.8 Å². The molecule has 0 unspecified atom stereocenters. The maximum Gasteiger partial charge on any atom is 0.234 e. The van der Waals surface area contributed by atoms with E-state index in [0.717, 1.165) is 41.4 Å². The molecule has 1 aromatic carbocycles. The smallest absolute Gasteiger partial charge is 0.234 e. The number of aryl methyl sites for hydroxylation is 3. The summed E-state index contributed by atoms with van der Waals surface area (Å²) < 4.78 is 7.00. The van der Waals surface area contributed by atoms with Crippen LogP contribution in [0.15, 0.2) is 29.7 Å². The fourth-order valence-corrected chi connectivity index (χ4v) is 3.14. The maximum atomic E-state index is 12.3. The molecule has 6 nitrogen and oxygen atoms in total. The highest BCUT2D eigenvalue weighted by molar-refractivity contribution is 7.99. The summed E-state index contributed by atoms with van der Waals surface area (Å²) >= 11 is 1.39. The average molecular weight is 348 g/mol. The van der Waals surface area contributed by atoms with Gasteiger partial charge in [-0.1, -0.05) is 36.9 Å². The predicted octanol–water partition coefficient (Wildman–Crippen LogP) is 2.92. The van der Waals surface area contributed by atoms with Gasteiger partial charge in [0, 0.05) is 25.9 Å². The Hall–Kier alpha value is -1.86. The number of anilines is 1. The van der Waals surface area contributed by atoms with Crippen LogP contribution in [0.5, 0.6) is 0 Å². The Kier molecular flexibility index (Phi) is 7.27. The van der Waals surface area contributed by atoms with Gasteiger partial charge in [0.2, 0.25) is 5.91 Å². The monoisotopic (exact) mass is 348 g/mol. The molecule has 2 aromatic rings. The normalized spacial score (nSPS) is 10.8. The van der Waals surface area contributed by atoms with Crippen molar-refractivity contribution in [1.29, 1.82) is 0 Å². The van der Waals surface area contributed by atoms with Gasteiger partial charge in [-0.05, 0) is 30.9 Å². The minimum Gasteiger partial charge on any atom is -0.385 e. The van der Waals surface area contributed by atoms with Crippen molar-refractivity contribution in [2.45, 2.75) is 38.4 Å². The molecule has 0 aliphatic heterocycles. The highest BCUT2D eigenvalue weighted by Crippen LogP contribution is 2.22. The molecule has 2 rings (SSSR count). The molecule has 1 heterocycles. The molecule has 0 spiro atoms. The van der Waals surface area contributed by atoms with Crippen LogP contribution in [0.4, 0.5) is 5.69 Å². The second kappa shape index (κ2) is 9.44. The van der Waals surface area contributed by atoms with Crippen molar-refractivity contribution in [2.24, 2.45) is 0 Å². The minimum atomic E-state index is -0.0320. The third-order valence-corrected chi connectivity index (χ3v) is 4.65. The van der Waals surface area contributed by atoms with Gasteiger partial charge in [-0.25, -0.2) is 0 Å². The zero-order valence-electron chi connectivity index (χ0n) is 14.4. The van der Waals surface area contributed by atoms with Gasteiger partial charge in [0.15, 0.2) is 5.16 Å². The molecule has 1 aromatic heterocycles. The number of nitrogens with one attached hydrogen (secondary N) is 1. The van der Waals surface area contributed by atoms with Gasteiger partial charge in [0.05, 0.1) is 5.75 Å². The molecular weight excluding hydrogens is 324 g/mol. The first-order chi connectivity index (χ1) is 11.7. The highest BCUT2D eigenvalue weighted by Gasteiger charge is 2.11. The Labute approximate surface area is 147 Å². The van der Waals surface area contributed by atoms with E-state index in [9.17, 15) is 4.79 Å². The van der Waals surface area contributed by atoms with E-state index in [1.807, 2.05) is 29.7 Å². The van der Waals surface area contributed by atoms with Gasteiger partial charge < -0.3 is 14.6 Å². The van der Waals surface area contributed by atoms with Crippen molar-refractivity contribution in [1.82, 2.24) is 14.8 Å². The molecule has 24 heavy (non-hydrogen) atoms. The molecule has 0 fully saturated rings. The number of methoxy groups -OCH3 is 1. The first-order valence-corrected chi connectivity index (χ1v) is 9.02. The first-order valence-electron chi connectivity index (χ1n) is 8.03. The van der Waals surface area contributed by atoms with E-state index in [2.05, 4.69) is 22.4 Å². The van der Waals surface area contributed by atoms with Crippen molar-refractivity contribution in [3.63, 3.8) is 0 Å². The molecule has 0 saturated heterocycles. The molecule has 7 heteroatoms. The lowest BCUT2D eigenvalue weighted by Crippen LogP contribution is -2.16. The van der Waals surface area contributed by atoms with Crippen LogP contribution < -0.4 is 5.32 Å². The SMILES string of the molecule is CCc1cccc(C)c1NC(=O)CSc1nncn1CCCOC. The highest BCUT2D eigenvalue weighted by atomic mass is 32.2. The second-order valence-electron chi connectivity index (χ2n) is 5.45. The summed E-state index contributed by atoms with van der Waals surface area (Å²) in [5.41, 5.74) is 3.15. The number of rotatable bonds is 9. The number of benzene rings is 1. The van der Waals surface area contributed by atoms with Gasteiger partial charge in [-0.2, -0.15) is 0 Å². The fraction of sp³-hybridized carbons (Fsp3) is 0.471. The van der Waals surface area contributed by atoms with Crippen molar-refractivity contribution < 1.29 is 9.53 Å². The van der Waals surface area contributed by atoms with Crippen molar-refractivity contribution in [3.05, 3.63) is 35.7 Å². The molecule has 0 bridgehead atoms. The Morgan fingerprint density at radius 3 is 3.00 bits per heavy atom. The predicted molar refractivity (Wildman–Crippen MR) is 96.4 cm³/mol. The lowest BCUT2D eigenvalue weighted by molar-refractivity contribution is -0.113. The number of para-hydroxylation sites is 1. The van der Waals surface area contributed by atoms with E-state index in [0.29, 0.717) is 12.4 Å². The third kappa shape index (κ3) is 5.07. The van der Waals surface area contributed by atoms with Crippen LogP contribution in [-0.4, -0.2) is 40.1 Å². The number of hydrogen-bond donors (Lipinski definition) is 1. The lowest BCUT2D eigenvalue weighted by Gasteiger charge is -2.12. The summed E-state index contributed by atoms with van der Waals surface area (Å²) in [6.07, 6.45) is 3.46. The molecule has 1 N–H and O–H groups in total. The molecule has 1 amide bonds. The van der Waals surface area contributed by atoms with E-state index < -0.39 is 0 Å². The second-order valence-corrected chi connectivity index (χ2v) is 6.40. The molecule has 0 atom stereocenters. The molecule has 0 aliphatic carbocycles. The quantitative estimate of drug-likeness (QED) is 0.557. The molecule has 0 aliphatic rings.